The molecular weight excluding hydrogens is 372 g/mol. The number of carbonyl (C=O) groups is 1. The molecule has 30 heavy (non-hydrogen) atoms. The summed E-state index contributed by atoms with van der Waals surface area (Å²) in [6, 6.07) is 0. The van der Waals surface area contributed by atoms with Crippen LogP contribution < -0.4 is 0 Å². The first kappa shape index (κ1) is 24.0. The first-order valence-electron chi connectivity index (χ1n) is 12.7. The summed E-state index contributed by atoms with van der Waals surface area (Å²) in [5.74, 6) is 3.01. The third-order valence-corrected chi connectivity index (χ3v) is 9.73. The van der Waals surface area contributed by atoms with E-state index in [-0.39, 0.29) is 29.5 Å². The molecule has 0 aromatic carbocycles. The zero-order valence-corrected chi connectivity index (χ0v) is 20.1. The summed E-state index contributed by atoms with van der Waals surface area (Å²) in [6.45, 7) is 11.7. The van der Waals surface area contributed by atoms with Gasteiger partial charge >= 0.3 is 0 Å². The van der Waals surface area contributed by atoms with Crippen LogP contribution in [0.4, 0.5) is 0 Å². The van der Waals surface area contributed by atoms with Gasteiger partial charge in [-0.15, -0.1) is 0 Å². The molecule has 3 aliphatic carbocycles. The molecule has 0 aromatic rings. The van der Waals surface area contributed by atoms with Crippen molar-refractivity contribution in [3.05, 3.63) is 11.6 Å². The Morgan fingerprint density at radius 2 is 1.90 bits per heavy atom. The van der Waals surface area contributed by atoms with Crippen molar-refractivity contribution in [1.29, 1.82) is 0 Å². The minimum Gasteiger partial charge on any atom is -0.396 e. The van der Waals surface area contributed by atoms with Gasteiger partial charge in [-0.05, 0) is 87.4 Å². The molecule has 3 heteroatoms. The highest BCUT2D eigenvalue weighted by Gasteiger charge is 2.54. The molecule has 7 unspecified atom stereocenters. The monoisotopic (exact) mass is 418 g/mol. The SMILES string of the molecule is CC(C)C(C)CCCC1CCC(C2CC=C3CC(O)CCC3(C)C2=O)C1(C)CCO. The zero-order valence-electron chi connectivity index (χ0n) is 20.1. The van der Waals surface area contributed by atoms with Crippen LogP contribution in [0.2, 0.25) is 0 Å². The number of allylic oxidation sites excluding steroid dienone is 1. The molecule has 2 saturated carbocycles. The van der Waals surface area contributed by atoms with E-state index >= 15 is 0 Å². The first-order chi connectivity index (χ1) is 14.1. The Morgan fingerprint density at radius 1 is 1.17 bits per heavy atom. The number of Topliss-reactive ketones (excluding diaryl/α,β-unsaturated/α-hetero) is 1. The highest BCUT2D eigenvalue weighted by Crippen LogP contribution is 2.58. The maximum atomic E-state index is 13.8. The minimum absolute atomic E-state index is 0.0615. The zero-order chi connectivity index (χ0) is 22.1. The Labute approximate surface area is 184 Å². The topological polar surface area (TPSA) is 57.5 Å². The van der Waals surface area contributed by atoms with Gasteiger partial charge in [0.15, 0.2) is 0 Å². The molecule has 0 bridgehead atoms. The Balaban J connectivity index is 1.74. The summed E-state index contributed by atoms with van der Waals surface area (Å²) in [4.78, 5) is 13.8. The minimum atomic E-state index is -0.368. The van der Waals surface area contributed by atoms with Crippen LogP contribution in [0.5, 0.6) is 0 Å². The van der Waals surface area contributed by atoms with Crippen LogP contribution in [0.1, 0.15) is 98.8 Å². The summed E-state index contributed by atoms with van der Waals surface area (Å²) in [7, 11) is 0. The van der Waals surface area contributed by atoms with Crippen molar-refractivity contribution in [2.45, 2.75) is 105 Å². The van der Waals surface area contributed by atoms with Crippen molar-refractivity contribution in [3.63, 3.8) is 0 Å². The molecule has 3 rings (SSSR count). The summed E-state index contributed by atoms with van der Waals surface area (Å²) < 4.78 is 0. The van der Waals surface area contributed by atoms with Crippen LogP contribution >= 0.6 is 0 Å². The fraction of sp³-hybridized carbons (Fsp3) is 0.889. The lowest BCUT2D eigenvalue weighted by atomic mass is 9.56. The average Bonchev–Trinajstić information content (AvgIpc) is 3.00. The van der Waals surface area contributed by atoms with Gasteiger partial charge in [-0.25, -0.2) is 0 Å². The first-order valence-corrected chi connectivity index (χ1v) is 12.7. The van der Waals surface area contributed by atoms with Crippen LogP contribution in [0.15, 0.2) is 11.6 Å². The Morgan fingerprint density at radius 3 is 2.57 bits per heavy atom. The predicted molar refractivity (Wildman–Crippen MR) is 123 cm³/mol. The summed E-state index contributed by atoms with van der Waals surface area (Å²) in [5, 5.41) is 20.0. The maximum absolute atomic E-state index is 13.8. The number of rotatable bonds is 8. The smallest absolute Gasteiger partial charge is 0.146 e. The van der Waals surface area contributed by atoms with Gasteiger partial charge in [0.1, 0.15) is 5.78 Å². The van der Waals surface area contributed by atoms with E-state index in [9.17, 15) is 15.0 Å². The second-order valence-electron chi connectivity index (χ2n) is 11.7. The van der Waals surface area contributed by atoms with Gasteiger partial charge in [0.25, 0.3) is 0 Å². The Bertz CT molecular complexity index is 638. The third-order valence-electron chi connectivity index (χ3n) is 9.73. The summed E-state index contributed by atoms with van der Waals surface area (Å²) >= 11 is 0. The van der Waals surface area contributed by atoms with E-state index in [4.69, 9.17) is 0 Å². The van der Waals surface area contributed by atoms with Gasteiger partial charge in [0.05, 0.1) is 6.10 Å². The van der Waals surface area contributed by atoms with E-state index in [0.717, 1.165) is 43.9 Å². The van der Waals surface area contributed by atoms with Crippen LogP contribution in [0, 0.1) is 40.4 Å². The van der Waals surface area contributed by atoms with Crippen molar-refractivity contribution in [2.75, 3.05) is 6.61 Å². The second-order valence-corrected chi connectivity index (χ2v) is 11.7. The lowest BCUT2D eigenvalue weighted by molar-refractivity contribution is -0.136. The van der Waals surface area contributed by atoms with Gasteiger partial charge < -0.3 is 10.2 Å². The molecule has 7 atom stereocenters. The fourth-order valence-electron chi connectivity index (χ4n) is 7.05. The summed E-state index contributed by atoms with van der Waals surface area (Å²) in [6.07, 6.45) is 12.0. The van der Waals surface area contributed by atoms with E-state index in [1.165, 1.54) is 31.3 Å². The van der Waals surface area contributed by atoms with Crippen LogP contribution in [-0.4, -0.2) is 28.7 Å². The number of hydrogen-bond donors (Lipinski definition) is 2. The van der Waals surface area contributed by atoms with E-state index in [1.807, 2.05) is 0 Å². The normalized spacial score (nSPS) is 40.4. The molecule has 0 aromatic heterocycles. The molecule has 0 radical (unpaired) electrons. The van der Waals surface area contributed by atoms with Gasteiger partial charge in [-0.2, -0.15) is 0 Å². The van der Waals surface area contributed by atoms with Crippen LogP contribution in [0.25, 0.3) is 0 Å². The molecule has 2 N–H and O–H groups in total. The maximum Gasteiger partial charge on any atom is 0.146 e. The number of hydrogen-bond acceptors (Lipinski definition) is 3. The van der Waals surface area contributed by atoms with Crippen LogP contribution in [-0.2, 0) is 4.79 Å². The molecule has 2 fully saturated rings. The largest absolute Gasteiger partial charge is 0.396 e. The molecular formula is C27H46O3. The lowest BCUT2D eigenvalue weighted by Crippen LogP contribution is -2.47. The van der Waals surface area contributed by atoms with Crippen molar-refractivity contribution < 1.29 is 15.0 Å². The number of aliphatic hydroxyl groups excluding tert-OH is 2. The van der Waals surface area contributed by atoms with Crippen molar-refractivity contribution >= 4 is 5.78 Å². The highest BCUT2D eigenvalue weighted by atomic mass is 16.3. The fourth-order valence-corrected chi connectivity index (χ4v) is 7.05. The van der Waals surface area contributed by atoms with Gasteiger partial charge in [0, 0.05) is 17.9 Å². The quantitative estimate of drug-likeness (QED) is 0.480. The molecule has 172 valence electrons. The van der Waals surface area contributed by atoms with E-state index in [1.54, 1.807) is 0 Å². The molecule has 0 heterocycles. The van der Waals surface area contributed by atoms with Gasteiger partial charge in [-0.1, -0.05) is 52.2 Å². The average molecular weight is 419 g/mol. The second kappa shape index (κ2) is 9.45. The Hall–Kier alpha value is -0.670. The van der Waals surface area contributed by atoms with Crippen LogP contribution in [0.3, 0.4) is 0 Å². The van der Waals surface area contributed by atoms with Crippen molar-refractivity contribution in [1.82, 2.24) is 0 Å². The molecule has 0 aliphatic heterocycles. The standard InChI is InChI=1S/C27H46O3/c1-18(2)19(3)7-6-8-20-10-12-24(26(20,4)15-16-28)23-11-9-21-17-22(29)13-14-27(21,5)25(23)30/h9,18-20,22-24,28-29H,6-8,10-17H2,1-5H3. The molecule has 0 spiro atoms. The molecule has 0 saturated heterocycles. The lowest BCUT2D eigenvalue weighted by Gasteiger charge is -2.47. The van der Waals surface area contributed by atoms with E-state index in [0.29, 0.717) is 24.0 Å². The summed E-state index contributed by atoms with van der Waals surface area (Å²) in [5.41, 5.74) is 0.877. The van der Waals surface area contributed by atoms with Gasteiger partial charge in [0.2, 0.25) is 0 Å². The number of aliphatic hydroxyl groups is 2. The predicted octanol–water partition coefficient (Wildman–Crippen LogP) is 5.93. The van der Waals surface area contributed by atoms with E-state index in [2.05, 4.69) is 40.7 Å². The highest BCUT2D eigenvalue weighted by molar-refractivity contribution is 5.91. The molecule has 0 amide bonds. The molecule has 3 aliphatic rings. The number of fused-ring (bicyclic) bond motifs is 1. The van der Waals surface area contributed by atoms with E-state index < -0.39 is 0 Å². The Kier molecular flexibility index (Phi) is 7.55. The molecule has 3 nitrogen and oxygen atoms in total. The number of ketones is 1. The van der Waals surface area contributed by atoms with Crippen molar-refractivity contribution in [3.8, 4) is 0 Å². The number of carbonyl (C=O) groups excluding carboxylic acids is 1. The third kappa shape index (κ3) is 4.44. The van der Waals surface area contributed by atoms with Crippen molar-refractivity contribution in [2.24, 2.45) is 40.4 Å². The van der Waals surface area contributed by atoms with Gasteiger partial charge in [-0.3, -0.25) is 4.79 Å².